The quantitative estimate of drug-likeness (QED) is 0.0912. The zero-order valence-electron chi connectivity index (χ0n) is 45.2. The average Bonchev–Trinajstić information content (AvgIpc) is 3.36. The highest BCUT2D eigenvalue weighted by Crippen LogP contribution is 2.39. The fourth-order valence-electron chi connectivity index (χ4n) is 10.7. The van der Waals surface area contributed by atoms with Crippen LogP contribution in [0.25, 0.3) is 0 Å². The number of esters is 1. The molecule has 4 rings (SSSR count). The lowest BCUT2D eigenvalue weighted by Gasteiger charge is -2.43. The normalized spacial score (nSPS) is 36.8. The number of ether oxygens (including phenoxy) is 5. The van der Waals surface area contributed by atoms with Crippen molar-refractivity contribution < 1.29 is 82.3 Å². The molecule has 0 aromatic rings. The molecule has 4 aliphatic rings. The van der Waals surface area contributed by atoms with Gasteiger partial charge in [-0.05, 0) is 113 Å². The topological polar surface area (TPSA) is 263 Å². The molecule has 0 aromatic carbocycles. The van der Waals surface area contributed by atoms with Crippen LogP contribution < -0.4 is 5.48 Å². The number of rotatable bonds is 9. The summed E-state index contributed by atoms with van der Waals surface area (Å²) >= 11 is 0. The highest BCUT2D eigenvalue weighted by molar-refractivity contribution is 6.39. The Bertz CT molecular complexity index is 2070. The van der Waals surface area contributed by atoms with Gasteiger partial charge in [-0.25, -0.2) is 14.4 Å². The van der Waals surface area contributed by atoms with Gasteiger partial charge in [0.25, 0.3) is 11.7 Å². The number of aliphatic hydroxyl groups is 2. The number of nitrogens with one attached hydrogen (secondary N) is 1. The lowest BCUT2D eigenvalue weighted by Crippen LogP contribution is -2.61. The van der Waals surface area contributed by atoms with E-state index in [9.17, 15) is 49.0 Å². The number of allylic oxidation sites excluding steroid dienone is 6. The molecule has 15 atom stereocenters. The molecule has 0 spiro atoms. The van der Waals surface area contributed by atoms with E-state index in [2.05, 4.69) is 10.2 Å². The number of hydroxylamine groups is 3. The molecule has 3 heterocycles. The van der Waals surface area contributed by atoms with Crippen LogP contribution in [0.5, 0.6) is 0 Å². The first-order valence-corrected chi connectivity index (χ1v) is 26.1. The van der Waals surface area contributed by atoms with E-state index in [1.807, 2.05) is 26.0 Å². The molecule has 0 aromatic heterocycles. The maximum atomic E-state index is 14.5. The van der Waals surface area contributed by atoms with Gasteiger partial charge < -0.3 is 48.5 Å². The number of hydrogen-bond acceptors (Lipinski definition) is 19. The van der Waals surface area contributed by atoms with E-state index >= 15 is 0 Å². The summed E-state index contributed by atoms with van der Waals surface area (Å²) in [5.41, 5.74) is 3.70. The standard InChI is InChI=1S/C54H83N3O17/c1-31-17-13-12-14-18-32(2)41(55-73-53(65)70-11)29-39-22-20-37(7)54(66,72-39)49(61)50(62)57-24-16-15-19-42(57)52(64)71-44(34(4)27-38-21-23-40(45(28-38)68-9)51(63)74-56(8)67)30-43(58)33(3)26-36(6)47(60)48(69-10)46(59)35(5)25-31/h12-14,17-18,26,31,33-35,37-42,44-45,47-48,55,60,66-67H,15-16,19-25,27-30H2,1-11H3/b14-12+,17-13-,32-18+,36-26+/t31-,33-,34-,35-,37-,38+,39+,40-,41+,42+,44+,45-,47-,48+,54-/m1/s1. The van der Waals surface area contributed by atoms with Crippen LogP contribution in [-0.4, -0.2) is 150 Å². The summed E-state index contributed by atoms with van der Waals surface area (Å²) in [5.74, 6) is -10.4. The molecule has 1 amide bonds. The Kier molecular flexibility index (Phi) is 24.3. The highest BCUT2D eigenvalue weighted by Gasteiger charge is 2.53. The average molecular weight is 1050 g/mol. The van der Waals surface area contributed by atoms with Gasteiger partial charge >= 0.3 is 18.1 Å². The second-order valence-electron chi connectivity index (χ2n) is 21.0. The Hall–Kier alpha value is -4.67. The van der Waals surface area contributed by atoms with Crippen LogP contribution in [0.1, 0.15) is 126 Å². The predicted molar refractivity (Wildman–Crippen MR) is 268 cm³/mol. The van der Waals surface area contributed by atoms with E-state index < -0.39 is 108 Å². The number of aliphatic hydroxyl groups excluding tert-OH is 1. The molecular weight excluding hydrogens is 963 g/mol. The minimum absolute atomic E-state index is 0.00316. The minimum atomic E-state index is -2.58. The van der Waals surface area contributed by atoms with Crippen molar-refractivity contribution in [2.24, 2.45) is 41.4 Å². The van der Waals surface area contributed by atoms with Gasteiger partial charge in [0.1, 0.15) is 30.1 Å². The van der Waals surface area contributed by atoms with E-state index in [-0.39, 0.29) is 55.6 Å². The van der Waals surface area contributed by atoms with Gasteiger partial charge in [0.2, 0.25) is 5.79 Å². The largest absolute Gasteiger partial charge is 0.527 e. The first-order chi connectivity index (χ1) is 34.9. The van der Waals surface area contributed by atoms with Crippen LogP contribution in [-0.2, 0) is 62.1 Å². The molecule has 20 heteroatoms. The first kappa shape index (κ1) is 61.9. The zero-order valence-corrected chi connectivity index (χ0v) is 45.2. The summed E-state index contributed by atoms with van der Waals surface area (Å²) in [7, 11) is 5.16. The molecule has 1 saturated carbocycles. The highest BCUT2D eigenvalue weighted by atomic mass is 16.9. The van der Waals surface area contributed by atoms with Crippen molar-refractivity contribution in [2.75, 3.05) is 34.9 Å². The van der Waals surface area contributed by atoms with Crippen molar-refractivity contribution in [3.05, 3.63) is 47.6 Å². The van der Waals surface area contributed by atoms with Gasteiger partial charge in [-0.15, -0.1) is 5.48 Å². The number of nitrogens with zero attached hydrogens (tertiary/aromatic N) is 2. The fraction of sp³-hybridized carbons (Fsp3) is 0.722. The van der Waals surface area contributed by atoms with Crippen LogP contribution in [0.15, 0.2) is 47.6 Å². The second-order valence-corrected chi connectivity index (χ2v) is 21.0. The van der Waals surface area contributed by atoms with Gasteiger partial charge in [0, 0.05) is 44.9 Å². The van der Waals surface area contributed by atoms with Crippen molar-refractivity contribution in [3.63, 3.8) is 0 Å². The summed E-state index contributed by atoms with van der Waals surface area (Å²) in [6.45, 7) is 12.2. The SMILES string of the molecule is COC(=O)ON[C@H]1C[C@@H]2CC[C@@H](C)[C@@](O)(O2)C(=O)C(=O)N2CCCC[C@H]2C(=O)O[C@H]([C@H](C)C[C@@H]2CC[C@@H](C(=O)ON(C)O)[C@H](OC)C2)CC(=O)[C@H](C)/C=C(\C)[C@@H](O)[C@@H](OC)C(=O)[C@H](C)C[C@H](C)\C=C/C=C/C=C/1C. The summed E-state index contributed by atoms with van der Waals surface area (Å²) in [6, 6.07) is -1.95. The molecule has 1 aliphatic carbocycles. The molecule has 2 bridgehead atoms. The summed E-state index contributed by atoms with van der Waals surface area (Å²) in [5, 5.41) is 33.5. The first-order valence-electron chi connectivity index (χ1n) is 26.1. The monoisotopic (exact) mass is 1050 g/mol. The summed E-state index contributed by atoms with van der Waals surface area (Å²) in [4.78, 5) is 107. The van der Waals surface area contributed by atoms with E-state index in [0.29, 0.717) is 67.7 Å². The maximum Gasteiger partial charge on any atom is 0.527 e. The van der Waals surface area contributed by atoms with Crippen molar-refractivity contribution in [1.29, 1.82) is 0 Å². The number of methoxy groups -OCH3 is 3. The van der Waals surface area contributed by atoms with Crippen molar-refractivity contribution in [3.8, 4) is 0 Å². The Morgan fingerprint density at radius 2 is 1.64 bits per heavy atom. The number of hydrogen-bond donors (Lipinski definition) is 4. The molecule has 74 heavy (non-hydrogen) atoms. The van der Waals surface area contributed by atoms with Crippen LogP contribution in [0.2, 0.25) is 0 Å². The fourth-order valence-corrected chi connectivity index (χ4v) is 10.7. The zero-order chi connectivity index (χ0) is 55.0. The Morgan fingerprint density at radius 1 is 0.919 bits per heavy atom. The van der Waals surface area contributed by atoms with E-state index in [1.165, 1.54) is 21.3 Å². The van der Waals surface area contributed by atoms with Crippen molar-refractivity contribution in [1.82, 2.24) is 15.6 Å². The summed E-state index contributed by atoms with van der Waals surface area (Å²) < 4.78 is 28.4. The number of fused-ring (bicyclic) bond motifs is 3. The van der Waals surface area contributed by atoms with Crippen LogP contribution in [0.3, 0.4) is 0 Å². The molecule has 0 radical (unpaired) electrons. The third-order valence-corrected chi connectivity index (χ3v) is 15.3. The number of carbonyl (C=O) groups is 7. The number of carbonyl (C=O) groups excluding carboxylic acids is 7. The van der Waals surface area contributed by atoms with Crippen LogP contribution >= 0.6 is 0 Å². The van der Waals surface area contributed by atoms with E-state index in [4.69, 9.17) is 28.6 Å². The van der Waals surface area contributed by atoms with Gasteiger partial charge in [0.15, 0.2) is 5.78 Å². The molecule has 20 nitrogen and oxygen atoms in total. The maximum absolute atomic E-state index is 14.5. The molecule has 4 N–H and O–H groups in total. The molecule has 416 valence electrons. The van der Waals surface area contributed by atoms with Crippen LogP contribution in [0, 0.1) is 41.4 Å². The molecule has 0 unspecified atom stereocenters. The smallest absolute Gasteiger partial charge is 0.460 e. The summed E-state index contributed by atoms with van der Waals surface area (Å²) in [6.07, 6.45) is 8.50. The number of cyclic esters (lactones) is 1. The van der Waals surface area contributed by atoms with Crippen LogP contribution in [0.4, 0.5) is 4.79 Å². The lowest BCUT2D eigenvalue weighted by atomic mass is 9.75. The van der Waals surface area contributed by atoms with Gasteiger partial charge in [-0.3, -0.25) is 24.4 Å². The van der Waals surface area contributed by atoms with Gasteiger partial charge in [-0.1, -0.05) is 76.6 Å². The van der Waals surface area contributed by atoms with Crippen molar-refractivity contribution in [2.45, 2.75) is 174 Å². The van der Waals surface area contributed by atoms with Gasteiger partial charge in [-0.2, -0.15) is 0 Å². The van der Waals surface area contributed by atoms with E-state index in [1.54, 1.807) is 58.9 Å². The Morgan fingerprint density at radius 3 is 2.30 bits per heavy atom. The number of piperidine rings is 1. The number of Topliss-reactive ketones (excluding diaryl/α,β-unsaturated/α-hetero) is 3. The third-order valence-electron chi connectivity index (χ3n) is 15.3. The lowest BCUT2D eigenvalue weighted by molar-refractivity contribution is -0.306. The van der Waals surface area contributed by atoms with Gasteiger partial charge in [0.05, 0.1) is 38.3 Å². The molecular formula is C54H83N3O17. The molecule has 2 saturated heterocycles. The third kappa shape index (κ3) is 16.9. The Balaban J connectivity index is 1.73. The molecule has 3 fully saturated rings. The van der Waals surface area contributed by atoms with E-state index in [0.717, 1.165) is 12.0 Å². The number of ketones is 3. The Labute approximate surface area is 436 Å². The predicted octanol–water partition coefficient (Wildman–Crippen LogP) is 5.86. The number of amides is 1. The van der Waals surface area contributed by atoms with Crippen molar-refractivity contribution >= 4 is 41.4 Å². The second kappa shape index (κ2) is 29.0. The minimum Gasteiger partial charge on any atom is -0.460 e. The molecule has 3 aliphatic heterocycles.